The Labute approximate surface area is 157 Å². The average Bonchev–Trinajstić information content (AvgIpc) is 2.69. The number of anilines is 1. The van der Waals surface area contributed by atoms with E-state index in [1.807, 2.05) is 36.4 Å². The summed E-state index contributed by atoms with van der Waals surface area (Å²) in [4.78, 5) is 12.6. The molecule has 0 saturated carbocycles. The SMILES string of the molecule is O=[N+]([O-])c1ccccc1S(=O)(=O)NN(Cc1ccccc1)c1ccccc1. The summed E-state index contributed by atoms with van der Waals surface area (Å²) in [5.74, 6) is 0. The van der Waals surface area contributed by atoms with Gasteiger partial charge in [0.2, 0.25) is 0 Å². The van der Waals surface area contributed by atoms with E-state index in [1.165, 1.54) is 29.3 Å². The maximum atomic E-state index is 12.9. The summed E-state index contributed by atoms with van der Waals surface area (Å²) in [5, 5.41) is 12.7. The third-order valence-electron chi connectivity index (χ3n) is 3.83. The third kappa shape index (κ3) is 4.49. The van der Waals surface area contributed by atoms with Crippen LogP contribution in [0.2, 0.25) is 0 Å². The molecule has 8 heteroatoms. The molecule has 0 saturated heterocycles. The number of sulfonamides is 1. The smallest absolute Gasteiger partial charge is 0.289 e. The second-order valence-electron chi connectivity index (χ2n) is 5.73. The standard InChI is InChI=1S/C19H17N3O4S/c23-22(24)18-13-7-8-14-19(18)27(25,26)20-21(17-11-5-2-6-12-17)15-16-9-3-1-4-10-16/h1-14,20H,15H2. The fourth-order valence-corrected chi connectivity index (χ4v) is 3.81. The van der Waals surface area contributed by atoms with Crippen molar-refractivity contribution in [2.24, 2.45) is 0 Å². The number of hydrazine groups is 1. The van der Waals surface area contributed by atoms with Crippen LogP contribution in [0.4, 0.5) is 11.4 Å². The van der Waals surface area contributed by atoms with Crippen molar-refractivity contribution in [2.75, 3.05) is 5.01 Å². The monoisotopic (exact) mass is 383 g/mol. The summed E-state index contributed by atoms with van der Waals surface area (Å²) in [5.41, 5.74) is 1.02. The maximum Gasteiger partial charge on any atom is 0.289 e. The molecule has 0 aliphatic heterocycles. The number of hydrogen-bond acceptors (Lipinski definition) is 5. The Morgan fingerprint density at radius 1 is 0.852 bits per heavy atom. The number of rotatable bonds is 7. The molecule has 0 aromatic heterocycles. The van der Waals surface area contributed by atoms with E-state index in [4.69, 9.17) is 0 Å². The first-order valence-electron chi connectivity index (χ1n) is 8.10. The number of nitrogens with one attached hydrogen (secondary N) is 1. The van der Waals surface area contributed by atoms with Crippen molar-refractivity contribution in [2.45, 2.75) is 11.4 Å². The van der Waals surface area contributed by atoms with Crippen molar-refractivity contribution >= 4 is 21.4 Å². The first kappa shape index (κ1) is 18.6. The van der Waals surface area contributed by atoms with Gasteiger partial charge in [0.1, 0.15) is 0 Å². The third-order valence-corrected chi connectivity index (χ3v) is 5.22. The van der Waals surface area contributed by atoms with E-state index in [0.29, 0.717) is 5.69 Å². The molecule has 0 radical (unpaired) electrons. The molecule has 0 fully saturated rings. The van der Waals surface area contributed by atoms with Crippen molar-refractivity contribution in [3.63, 3.8) is 0 Å². The van der Waals surface area contributed by atoms with Crippen molar-refractivity contribution < 1.29 is 13.3 Å². The molecule has 7 nitrogen and oxygen atoms in total. The molecule has 1 N–H and O–H groups in total. The van der Waals surface area contributed by atoms with Crippen LogP contribution in [-0.4, -0.2) is 13.3 Å². The number of para-hydroxylation sites is 2. The van der Waals surface area contributed by atoms with Gasteiger partial charge in [-0.3, -0.25) is 15.1 Å². The first-order valence-corrected chi connectivity index (χ1v) is 9.58. The van der Waals surface area contributed by atoms with Gasteiger partial charge < -0.3 is 0 Å². The average molecular weight is 383 g/mol. The van der Waals surface area contributed by atoms with E-state index in [2.05, 4.69) is 4.83 Å². The Morgan fingerprint density at radius 2 is 1.41 bits per heavy atom. The van der Waals surface area contributed by atoms with Gasteiger partial charge in [-0.15, -0.1) is 4.83 Å². The molecule has 0 aliphatic carbocycles. The summed E-state index contributed by atoms with van der Waals surface area (Å²) in [7, 11) is -4.17. The molecule has 3 rings (SSSR count). The zero-order valence-corrected chi connectivity index (χ0v) is 15.0. The van der Waals surface area contributed by atoms with E-state index in [0.717, 1.165) is 5.56 Å². The van der Waals surface area contributed by atoms with Crippen molar-refractivity contribution in [1.82, 2.24) is 4.83 Å². The van der Waals surface area contributed by atoms with E-state index in [-0.39, 0.29) is 11.4 Å². The predicted octanol–water partition coefficient (Wildman–Crippen LogP) is 3.49. The largest absolute Gasteiger partial charge is 0.290 e. The molecule has 0 bridgehead atoms. The molecular formula is C19H17N3O4S. The molecule has 3 aromatic rings. The minimum Gasteiger partial charge on any atom is -0.290 e. The van der Waals surface area contributed by atoms with Crippen LogP contribution >= 0.6 is 0 Å². The quantitative estimate of drug-likeness (QED) is 0.498. The Hall–Kier alpha value is -3.23. The highest BCUT2D eigenvalue weighted by Gasteiger charge is 2.27. The van der Waals surface area contributed by atoms with Gasteiger partial charge in [-0.1, -0.05) is 60.7 Å². The van der Waals surface area contributed by atoms with Gasteiger partial charge in [0.05, 0.1) is 17.2 Å². The van der Waals surface area contributed by atoms with Crippen molar-refractivity contribution in [3.05, 3.63) is 101 Å². The topological polar surface area (TPSA) is 92.5 Å². The lowest BCUT2D eigenvalue weighted by Gasteiger charge is -2.25. The molecular weight excluding hydrogens is 366 g/mol. The minimum atomic E-state index is -4.17. The van der Waals surface area contributed by atoms with Crippen LogP contribution in [-0.2, 0) is 16.6 Å². The lowest BCUT2D eigenvalue weighted by molar-refractivity contribution is -0.387. The van der Waals surface area contributed by atoms with Crippen LogP contribution in [0.5, 0.6) is 0 Å². The molecule has 0 unspecified atom stereocenters. The fraction of sp³-hybridized carbons (Fsp3) is 0.0526. The molecule has 0 spiro atoms. The van der Waals surface area contributed by atoms with E-state index < -0.39 is 20.6 Å². The summed E-state index contributed by atoms with van der Waals surface area (Å²) < 4.78 is 25.7. The van der Waals surface area contributed by atoms with Crippen LogP contribution in [0.1, 0.15) is 5.56 Å². The molecule has 27 heavy (non-hydrogen) atoms. The van der Waals surface area contributed by atoms with Crippen LogP contribution in [0.15, 0.2) is 89.8 Å². The molecule has 0 aliphatic rings. The van der Waals surface area contributed by atoms with Gasteiger partial charge in [0.15, 0.2) is 4.90 Å². The predicted molar refractivity (Wildman–Crippen MR) is 102 cm³/mol. The summed E-state index contributed by atoms with van der Waals surface area (Å²) >= 11 is 0. The van der Waals surface area contributed by atoms with Crippen molar-refractivity contribution in [3.8, 4) is 0 Å². The fourth-order valence-electron chi connectivity index (χ4n) is 2.58. The second kappa shape index (κ2) is 7.98. The highest BCUT2D eigenvalue weighted by atomic mass is 32.2. The van der Waals surface area contributed by atoms with Crippen LogP contribution in [0.3, 0.4) is 0 Å². The highest BCUT2D eigenvalue weighted by molar-refractivity contribution is 7.89. The second-order valence-corrected chi connectivity index (χ2v) is 7.36. The van der Waals surface area contributed by atoms with Gasteiger partial charge in [-0.05, 0) is 23.8 Å². The molecule has 0 heterocycles. The highest BCUT2D eigenvalue weighted by Crippen LogP contribution is 2.24. The molecule has 0 amide bonds. The number of nitro groups is 1. The Morgan fingerprint density at radius 3 is 2.04 bits per heavy atom. The van der Waals surface area contributed by atoms with Gasteiger partial charge >= 0.3 is 0 Å². The maximum absolute atomic E-state index is 12.9. The normalized spacial score (nSPS) is 11.1. The van der Waals surface area contributed by atoms with Crippen LogP contribution in [0, 0.1) is 10.1 Å². The zero-order chi connectivity index (χ0) is 19.3. The zero-order valence-electron chi connectivity index (χ0n) is 14.2. The number of nitrogens with zero attached hydrogens (tertiary/aromatic N) is 2. The van der Waals surface area contributed by atoms with E-state index in [9.17, 15) is 18.5 Å². The van der Waals surface area contributed by atoms with Crippen LogP contribution < -0.4 is 9.84 Å². The van der Waals surface area contributed by atoms with Gasteiger partial charge in [-0.25, -0.2) is 8.42 Å². The molecule has 138 valence electrons. The van der Waals surface area contributed by atoms with Crippen LogP contribution in [0.25, 0.3) is 0 Å². The number of hydrogen-bond donors (Lipinski definition) is 1. The molecule has 3 aromatic carbocycles. The number of nitro benzene ring substituents is 1. The van der Waals surface area contributed by atoms with E-state index in [1.54, 1.807) is 24.3 Å². The van der Waals surface area contributed by atoms with Gasteiger partial charge in [0, 0.05) is 6.07 Å². The first-order chi connectivity index (χ1) is 13.0. The molecule has 0 atom stereocenters. The Kier molecular flexibility index (Phi) is 5.49. The summed E-state index contributed by atoms with van der Waals surface area (Å²) in [6, 6.07) is 23.5. The lowest BCUT2D eigenvalue weighted by Crippen LogP contribution is -2.42. The van der Waals surface area contributed by atoms with Crippen molar-refractivity contribution in [1.29, 1.82) is 0 Å². The number of benzene rings is 3. The summed E-state index contributed by atoms with van der Waals surface area (Å²) in [6.07, 6.45) is 0. The Balaban J connectivity index is 1.97. The minimum absolute atomic E-state index is 0.255. The summed E-state index contributed by atoms with van der Waals surface area (Å²) in [6.45, 7) is 0.255. The van der Waals surface area contributed by atoms with Gasteiger partial charge in [0.25, 0.3) is 15.7 Å². The van der Waals surface area contributed by atoms with E-state index >= 15 is 0 Å². The Bertz CT molecular complexity index is 1030. The van der Waals surface area contributed by atoms with Gasteiger partial charge in [-0.2, -0.15) is 0 Å². The lowest BCUT2D eigenvalue weighted by atomic mass is 10.2.